The van der Waals surface area contributed by atoms with Gasteiger partial charge in [0, 0.05) is 6.42 Å². The number of hydrogen-bond donors (Lipinski definition) is 1. The monoisotopic (exact) mass is 251 g/mol. The zero-order valence-corrected chi connectivity index (χ0v) is 10.3. The summed E-state index contributed by atoms with van der Waals surface area (Å²) in [6, 6.07) is 8.84. The zero-order valence-electron chi connectivity index (χ0n) is 10.3. The van der Waals surface area contributed by atoms with Crippen LogP contribution < -0.4 is 5.06 Å². The third kappa shape index (κ3) is 2.63. The molecule has 1 aromatic carbocycles. The summed E-state index contributed by atoms with van der Waals surface area (Å²) >= 11 is 0. The van der Waals surface area contributed by atoms with E-state index in [1.807, 2.05) is 30.3 Å². The highest BCUT2D eigenvalue weighted by Crippen LogP contribution is 2.28. The molecule has 0 amide bonds. The van der Waals surface area contributed by atoms with Crippen LogP contribution in [0.15, 0.2) is 30.3 Å². The number of aliphatic hydroxyl groups excluding tert-OH is 1. The quantitative estimate of drug-likeness (QED) is 0.813. The maximum atomic E-state index is 11.9. The maximum Gasteiger partial charge on any atom is 0.331 e. The molecule has 1 aliphatic rings. The van der Waals surface area contributed by atoms with Crippen molar-refractivity contribution in [3.63, 3.8) is 0 Å². The summed E-state index contributed by atoms with van der Waals surface area (Å²) in [7, 11) is 0. The predicted molar refractivity (Wildman–Crippen MR) is 65.9 cm³/mol. The molecule has 0 aromatic heterocycles. The van der Waals surface area contributed by atoms with E-state index >= 15 is 0 Å². The highest BCUT2D eigenvalue weighted by atomic mass is 16.7. The average molecular weight is 251 g/mol. The number of rotatable bonds is 4. The lowest BCUT2D eigenvalue weighted by Crippen LogP contribution is -2.36. The van der Waals surface area contributed by atoms with Crippen LogP contribution in [0.4, 0.5) is 5.69 Å². The van der Waals surface area contributed by atoms with Gasteiger partial charge in [-0.15, -0.1) is 0 Å². The zero-order chi connectivity index (χ0) is 13.0. The number of nitrogens with zero attached hydrogens (tertiary/aromatic N) is 1. The molecule has 0 radical (unpaired) electrons. The van der Waals surface area contributed by atoms with Crippen molar-refractivity contribution in [2.24, 2.45) is 0 Å². The lowest BCUT2D eigenvalue weighted by Gasteiger charge is -2.23. The second-order valence-electron chi connectivity index (χ2n) is 4.07. The Morgan fingerprint density at radius 1 is 1.50 bits per heavy atom. The molecule has 1 fully saturated rings. The minimum absolute atomic E-state index is 0.112. The van der Waals surface area contributed by atoms with E-state index in [2.05, 4.69) is 0 Å². The van der Waals surface area contributed by atoms with Gasteiger partial charge in [-0.25, -0.2) is 9.86 Å². The van der Waals surface area contributed by atoms with Crippen LogP contribution in [0.2, 0.25) is 0 Å². The first-order chi connectivity index (χ1) is 8.76. The first kappa shape index (κ1) is 12.9. The van der Waals surface area contributed by atoms with E-state index in [0.717, 1.165) is 5.69 Å². The Kier molecular flexibility index (Phi) is 4.17. The molecule has 1 saturated heterocycles. The largest absolute Gasteiger partial charge is 0.464 e. The van der Waals surface area contributed by atoms with E-state index in [0.29, 0.717) is 13.0 Å². The van der Waals surface area contributed by atoms with Gasteiger partial charge in [-0.3, -0.25) is 4.84 Å². The fourth-order valence-electron chi connectivity index (χ4n) is 1.98. The molecular weight excluding hydrogens is 234 g/mol. The van der Waals surface area contributed by atoms with Crippen LogP contribution in [0.3, 0.4) is 0 Å². The fraction of sp³-hybridized carbons (Fsp3) is 0.462. The molecule has 1 N–H and O–H groups in total. The van der Waals surface area contributed by atoms with Crippen molar-refractivity contribution >= 4 is 11.7 Å². The van der Waals surface area contributed by atoms with Crippen molar-refractivity contribution in [3.05, 3.63) is 30.3 Å². The molecule has 0 saturated carbocycles. The smallest absolute Gasteiger partial charge is 0.331 e. The number of ether oxygens (including phenoxy) is 1. The Bertz CT molecular complexity index is 395. The molecule has 98 valence electrons. The summed E-state index contributed by atoms with van der Waals surface area (Å²) in [6.07, 6.45) is 0.0733. The van der Waals surface area contributed by atoms with Crippen molar-refractivity contribution in [1.29, 1.82) is 0 Å². The molecule has 0 unspecified atom stereocenters. The minimum atomic E-state index is -0.496. The van der Waals surface area contributed by atoms with E-state index in [1.165, 1.54) is 5.06 Å². The van der Waals surface area contributed by atoms with E-state index in [9.17, 15) is 4.79 Å². The van der Waals surface area contributed by atoms with E-state index in [4.69, 9.17) is 14.7 Å². The predicted octanol–water partition coefficient (Wildman–Crippen LogP) is 1.12. The number of para-hydroxylation sites is 1. The highest BCUT2D eigenvalue weighted by Gasteiger charge is 2.39. The van der Waals surface area contributed by atoms with Gasteiger partial charge in [0.2, 0.25) is 0 Å². The van der Waals surface area contributed by atoms with Gasteiger partial charge in [-0.1, -0.05) is 18.2 Å². The van der Waals surface area contributed by atoms with Crippen molar-refractivity contribution in [3.8, 4) is 0 Å². The van der Waals surface area contributed by atoms with Crippen LogP contribution in [-0.2, 0) is 14.4 Å². The molecule has 0 aliphatic carbocycles. The van der Waals surface area contributed by atoms with E-state index in [-0.39, 0.29) is 18.7 Å². The van der Waals surface area contributed by atoms with Crippen LogP contribution in [-0.4, -0.2) is 36.4 Å². The van der Waals surface area contributed by atoms with Crippen LogP contribution >= 0.6 is 0 Å². The van der Waals surface area contributed by atoms with Crippen molar-refractivity contribution < 1.29 is 19.5 Å². The van der Waals surface area contributed by atoms with Crippen LogP contribution in [0.25, 0.3) is 0 Å². The number of carbonyl (C=O) groups is 1. The number of aliphatic hydroxyl groups is 1. The van der Waals surface area contributed by atoms with E-state index in [1.54, 1.807) is 6.92 Å². The second kappa shape index (κ2) is 5.84. The number of anilines is 1. The second-order valence-corrected chi connectivity index (χ2v) is 4.07. The summed E-state index contributed by atoms with van der Waals surface area (Å²) in [4.78, 5) is 17.4. The molecule has 0 spiro atoms. The van der Waals surface area contributed by atoms with Gasteiger partial charge in [0.25, 0.3) is 0 Å². The number of hydroxylamine groups is 1. The summed E-state index contributed by atoms with van der Waals surface area (Å²) in [5.41, 5.74) is 0.784. The standard InChI is InChI=1S/C13H17NO4/c1-2-17-13(16)12-8-11(9-15)18-14(12)10-6-4-3-5-7-10/h3-7,11-12,15H,2,8-9H2,1H3/t11-,12+/m1/s1. The Hall–Kier alpha value is -1.59. The summed E-state index contributed by atoms with van der Waals surface area (Å²) in [6.45, 7) is 1.99. The molecule has 2 rings (SSSR count). The fourth-order valence-corrected chi connectivity index (χ4v) is 1.98. The SMILES string of the molecule is CCOC(=O)[C@@H]1C[C@H](CO)ON1c1ccccc1. The number of benzene rings is 1. The molecule has 1 aliphatic heterocycles. The van der Waals surface area contributed by atoms with Gasteiger partial charge in [0.05, 0.1) is 18.9 Å². The number of hydrogen-bond acceptors (Lipinski definition) is 5. The van der Waals surface area contributed by atoms with E-state index < -0.39 is 6.04 Å². The lowest BCUT2D eigenvalue weighted by atomic mass is 10.1. The Morgan fingerprint density at radius 3 is 2.83 bits per heavy atom. The lowest BCUT2D eigenvalue weighted by molar-refractivity contribution is -0.145. The third-order valence-corrected chi connectivity index (χ3v) is 2.80. The van der Waals surface area contributed by atoms with Crippen LogP contribution in [0, 0.1) is 0 Å². The van der Waals surface area contributed by atoms with Crippen LogP contribution in [0.1, 0.15) is 13.3 Å². The van der Waals surface area contributed by atoms with Crippen molar-refractivity contribution in [1.82, 2.24) is 0 Å². The molecule has 5 nitrogen and oxygen atoms in total. The minimum Gasteiger partial charge on any atom is -0.464 e. The van der Waals surface area contributed by atoms with Gasteiger partial charge in [0.15, 0.2) is 6.04 Å². The van der Waals surface area contributed by atoms with Crippen molar-refractivity contribution in [2.75, 3.05) is 18.3 Å². The molecule has 5 heteroatoms. The first-order valence-electron chi connectivity index (χ1n) is 6.04. The normalized spacial score (nSPS) is 23.1. The van der Waals surface area contributed by atoms with Crippen molar-refractivity contribution in [2.45, 2.75) is 25.5 Å². The summed E-state index contributed by atoms with van der Waals surface area (Å²) < 4.78 is 5.03. The summed E-state index contributed by atoms with van der Waals surface area (Å²) in [5, 5.41) is 10.7. The molecule has 0 bridgehead atoms. The average Bonchev–Trinajstić information content (AvgIpc) is 2.84. The number of carbonyl (C=O) groups excluding carboxylic acids is 1. The Labute approximate surface area is 106 Å². The van der Waals surface area contributed by atoms with Gasteiger partial charge in [-0.05, 0) is 19.1 Å². The van der Waals surface area contributed by atoms with Gasteiger partial charge in [0.1, 0.15) is 6.10 Å². The van der Waals surface area contributed by atoms with Gasteiger partial charge in [-0.2, -0.15) is 0 Å². The maximum absolute atomic E-state index is 11.9. The molecule has 18 heavy (non-hydrogen) atoms. The molecular formula is C13H17NO4. The molecule has 1 aromatic rings. The first-order valence-corrected chi connectivity index (χ1v) is 6.04. The molecule has 1 heterocycles. The number of esters is 1. The van der Waals surface area contributed by atoms with Gasteiger partial charge < -0.3 is 9.84 Å². The Balaban J connectivity index is 2.18. The Morgan fingerprint density at radius 2 is 2.22 bits per heavy atom. The van der Waals surface area contributed by atoms with Gasteiger partial charge >= 0.3 is 5.97 Å². The summed E-state index contributed by atoms with van der Waals surface area (Å²) in [5.74, 6) is -0.322. The third-order valence-electron chi connectivity index (χ3n) is 2.80. The molecule has 2 atom stereocenters. The highest BCUT2D eigenvalue weighted by molar-refractivity contribution is 5.80. The topological polar surface area (TPSA) is 59.0 Å². The van der Waals surface area contributed by atoms with Crippen LogP contribution in [0.5, 0.6) is 0 Å².